The summed E-state index contributed by atoms with van der Waals surface area (Å²) in [6.07, 6.45) is 7.00. The molecule has 110 valence electrons. The molecule has 3 nitrogen and oxygen atoms in total. The van der Waals surface area contributed by atoms with Crippen LogP contribution in [0.5, 0.6) is 0 Å². The molecule has 0 atom stereocenters. The van der Waals surface area contributed by atoms with Gasteiger partial charge < -0.3 is 10.6 Å². The molecular weight excluding hydrogens is 248 g/mol. The summed E-state index contributed by atoms with van der Waals surface area (Å²) in [5.41, 5.74) is 8.27. The van der Waals surface area contributed by atoms with E-state index >= 15 is 0 Å². The number of carbonyl (C=O) groups is 1. The Kier molecular flexibility index (Phi) is 5.60. The molecule has 1 aromatic rings. The van der Waals surface area contributed by atoms with Crippen LogP contribution in [0.25, 0.3) is 0 Å². The molecular formula is C17H26N2O. The van der Waals surface area contributed by atoms with Crippen molar-refractivity contribution in [2.75, 3.05) is 13.6 Å². The zero-order valence-corrected chi connectivity index (χ0v) is 12.5. The van der Waals surface area contributed by atoms with Gasteiger partial charge in [-0.05, 0) is 43.4 Å². The van der Waals surface area contributed by atoms with Crippen LogP contribution in [-0.2, 0) is 17.6 Å². The van der Waals surface area contributed by atoms with Gasteiger partial charge in [-0.15, -0.1) is 0 Å². The molecule has 0 saturated carbocycles. The van der Waals surface area contributed by atoms with Crippen molar-refractivity contribution in [3.05, 3.63) is 35.4 Å². The average Bonchev–Trinajstić information content (AvgIpc) is 2.89. The van der Waals surface area contributed by atoms with E-state index in [0.29, 0.717) is 12.5 Å². The lowest BCUT2D eigenvalue weighted by Crippen LogP contribution is -2.37. The quantitative estimate of drug-likeness (QED) is 0.777. The SMILES string of the molecule is CN(C(=O)CCCCCCN)C1Cc2ccccc2C1. The maximum Gasteiger partial charge on any atom is 0.222 e. The van der Waals surface area contributed by atoms with E-state index in [1.165, 1.54) is 11.1 Å². The van der Waals surface area contributed by atoms with Gasteiger partial charge in [0.2, 0.25) is 5.91 Å². The minimum Gasteiger partial charge on any atom is -0.342 e. The lowest BCUT2D eigenvalue weighted by atomic mass is 10.1. The minimum absolute atomic E-state index is 0.288. The molecule has 0 fully saturated rings. The Bertz CT molecular complexity index is 419. The molecule has 20 heavy (non-hydrogen) atoms. The predicted molar refractivity (Wildman–Crippen MR) is 82.5 cm³/mol. The van der Waals surface area contributed by atoms with Crippen LogP contribution in [0.1, 0.15) is 43.2 Å². The van der Waals surface area contributed by atoms with Crippen LogP contribution in [0, 0.1) is 0 Å². The highest BCUT2D eigenvalue weighted by Crippen LogP contribution is 2.25. The Balaban J connectivity index is 1.75. The molecule has 0 radical (unpaired) electrons. The van der Waals surface area contributed by atoms with Crippen molar-refractivity contribution in [1.82, 2.24) is 4.90 Å². The van der Waals surface area contributed by atoms with Gasteiger partial charge in [-0.1, -0.05) is 37.1 Å². The van der Waals surface area contributed by atoms with Crippen molar-refractivity contribution in [3.8, 4) is 0 Å². The average molecular weight is 274 g/mol. The first kappa shape index (κ1) is 15.0. The summed E-state index contributed by atoms with van der Waals surface area (Å²) in [5, 5.41) is 0. The number of hydrogen-bond donors (Lipinski definition) is 1. The molecule has 3 heteroatoms. The summed E-state index contributed by atoms with van der Waals surface area (Å²) in [5.74, 6) is 0.288. The van der Waals surface area contributed by atoms with Gasteiger partial charge in [-0.2, -0.15) is 0 Å². The Morgan fingerprint density at radius 1 is 1.15 bits per heavy atom. The summed E-state index contributed by atoms with van der Waals surface area (Å²) >= 11 is 0. The fourth-order valence-corrected chi connectivity index (χ4v) is 2.96. The molecule has 2 rings (SSSR count). The molecule has 1 aliphatic carbocycles. The topological polar surface area (TPSA) is 46.3 Å². The van der Waals surface area contributed by atoms with Gasteiger partial charge in [0.1, 0.15) is 0 Å². The molecule has 0 unspecified atom stereocenters. The van der Waals surface area contributed by atoms with E-state index in [2.05, 4.69) is 24.3 Å². The number of nitrogens with zero attached hydrogens (tertiary/aromatic N) is 1. The van der Waals surface area contributed by atoms with E-state index in [0.717, 1.165) is 45.1 Å². The second-order valence-corrected chi connectivity index (χ2v) is 5.79. The van der Waals surface area contributed by atoms with Gasteiger partial charge in [0.25, 0.3) is 0 Å². The molecule has 2 N–H and O–H groups in total. The number of benzene rings is 1. The van der Waals surface area contributed by atoms with Gasteiger partial charge in [0.15, 0.2) is 0 Å². The number of amides is 1. The van der Waals surface area contributed by atoms with E-state index in [1.54, 1.807) is 0 Å². The summed E-state index contributed by atoms with van der Waals surface area (Å²) in [6.45, 7) is 0.758. The van der Waals surface area contributed by atoms with Crippen molar-refractivity contribution < 1.29 is 4.79 Å². The van der Waals surface area contributed by atoms with E-state index in [-0.39, 0.29) is 5.91 Å². The maximum absolute atomic E-state index is 12.2. The van der Waals surface area contributed by atoms with Crippen LogP contribution in [0.15, 0.2) is 24.3 Å². The van der Waals surface area contributed by atoms with Crippen LogP contribution in [0.3, 0.4) is 0 Å². The Hall–Kier alpha value is -1.35. The van der Waals surface area contributed by atoms with Gasteiger partial charge in [-0.25, -0.2) is 0 Å². The van der Waals surface area contributed by atoms with Gasteiger partial charge >= 0.3 is 0 Å². The van der Waals surface area contributed by atoms with Crippen molar-refractivity contribution in [3.63, 3.8) is 0 Å². The van der Waals surface area contributed by atoms with Crippen LogP contribution in [-0.4, -0.2) is 30.4 Å². The molecule has 1 aliphatic rings. The second-order valence-electron chi connectivity index (χ2n) is 5.79. The lowest BCUT2D eigenvalue weighted by molar-refractivity contribution is -0.131. The Morgan fingerprint density at radius 2 is 1.75 bits per heavy atom. The number of rotatable bonds is 7. The van der Waals surface area contributed by atoms with Crippen molar-refractivity contribution >= 4 is 5.91 Å². The molecule has 0 spiro atoms. The van der Waals surface area contributed by atoms with Gasteiger partial charge in [0.05, 0.1) is 0 Å². The summed E-state index contributed by atoms with van der Waals surface area (Å²) in [6, 6.07) is 8.88. The number of carbonyl (C=O) groups excluding carboxylic acids is 1. The first-order chi connectivity index (χ1) is 9.72. The van der Waals surface area contributed by atoms with Gasteiger partial charge in [-0.3, -0.25) is 4.79 Å². The minimum atomic E-state index is 0.288. The van der Waals surface area contributed by atoms with E-state index < -0.39 is 0 Å². The molecule has 0 aliphatic heterocycles. The number of nitrogens with two attached hydrogens (primary N) is 1. The highest BCUT2D eigenvalue weighted by molar-refractivity contribution is 5.76. The largest absolute Gasteiger partial charge is 0.342 e. The Morgan fingerprint density at radius 3 is 2.35 bits per heavy atom. The number of likely N-dealkylation sites (N-methyl/N-ethyl adjacent to an activating group) is 1. The Labute approximate surface area is 122 Å². The number of fused-ring (bicyclic) bond motifs is 1. The smallest absolute Gasteiger partial charge is 0.222 e. The van der Waals surface area contributed by atoms with E-state index in [1.807, 2.05) is 11.9 Å². The number of unbranched alkanes of at least 4 members (excludes halogenated alkanes) is 3. The zero-order valence-electron chi connectivity index (χ0n) is 12.5. The third-order valence-corrected chi connectivity index (χ3v) is 4.32. The molecule has 1 amide bonds. The van der Waals surface area contributed by atoms with Crippen molar-refractivity contribution in [2.45, 2.75) is 51.0 Å². The van der Waals surface area contributed by atoms with Crippen LogP contribution < -0.4 is 5.73 Å². The monoisotopic (exact) mass is 274 g/mol. The molecule has 1 aromatic carbocycles. The molecule has 0 heterocycles. The summed E-state index contributed by atoms with van der Waals surface area (Å²) in [7, 11) is 1.96. The molecule has 0 aromatic heterocycles. The highest BCUT2D eigenvalue weighted by Gasteiger charge is 2.26. The van der Waals surface area contributed by atoms with Crippen LogP contribution in [0.4, 0.5) is 0 Å². The standard InChI is InChI=1S/C17H26N2O/c1-19(17(20)10-4-2-3-7-11-18)16-12-14-8-5-6-9-15(14)13-16/h5-6,8-9,16H,2-4,7,10-13,18H2,1H3. The predicted octanol–water partition coefficient (Wildman–Crippen LogP) is 2.52. The third-order valence-electron chi connectivity index (χ3n) is 4.32. The van der Waals surface area contributed by atoms with E-state index in [9.17, 15) is 4.79 Å². The van der Waals surface area contributed by atoms with Crippen molar-refractivity contribution in [1.29, 1.82) is 0 Å². The first-order valence-electron chi connectivity index (χ1n) is 7.75. The zero-order chi connectivity index (χ0) is 14.4. The molecule has 0 bridgehead atoms. The highest BCUT2D eigenvalue weighted by atomic mass is 16.2. The van der Waals surface area contributed by atoms with E-state index in [4.69, 9.17) is 5.73 Å². The number of hydrogen-bond acceptors (Lipinski definition) is 2. The molecule has 0 saturated heterocycles. The normalized spacial score (nSPS) is 14.3. The summed E-state index contributed by atoms with van der Waals surface area (Å²) < 4.78 is 0. The second kappa shape index (κ2) is 7.44. The first-order valence-corrected chi connectivity index (χ1v) is 7.75. The fourth-order valence-electron chi connectivity index (χ4n) is 2.96. The summed E-state index contributed by atoms with van der Waals surface area (Å²) in [4.78, 5) is 14.2. The van der Waals surface area contributed by atoms with Gasteiger partial charge in [0, 0.05) is 19.5 Å². The lowest BCUT2D eigenvalue weighted by Gasteiger charge is -2.24. The van der Waals surface area contributed by atoms with Crippen molar-refractivity contribution in [2.24, 2.45) is 5.73 Å². The third kappa shape index (κ3) is 3.83. The fraction of sp³-hybridized carbons (Fsp3) is 0.588. The van der Waals surface area contributed by atoms with Crippen LogP contribution in [0.2, 0.25) is 0 Å². The maximum atomic E-state index is 12.2. The van der Waals surface area contributed by atoms with Crippen LogP contribution >= 0.6 is 0 Å².